The van der Waals surface area contributed by atoms with E-state index < -0.39 is 0 Å². The zero-order valence-electron chi connectivity index (χ0n) is 12.7. The highest BCUT2D eigenvalue weighted by Crippen LogP contribution is 2.21. The molecule has 0 radical (unpaired) electrons. The van der Waals surface area contributed by atoms with Crippen molar-refractivity contribution in [2.45, 2.75) is 57.6 Å². The van der Waals surface area contributed by atoms with Gasteiger partial charge in [-0.1, -0.05) is 41.3 Å². The van der Waals surface area contributed by atoms with Crippen molar-refractivity contribution in [1.82, 2.24) is 5.32 Å². The molecule has 1 saturated carbocycles. The number of rotatable bonds is 7. The predicted molar refractivity (Wildman–Crippen MR) is 88.0 cm³/mol. The van der Waals surface area contributed by atoms with Gasteiger partial charge in [0, 0.05) is 22.7 Å². The van der Waals surface area contributed by atoms with Gasteiger partial charge in [-0.15, -0.1) is 0 Å². The Bertz CT molecular complexity index is 435. The number of nitrogens with one attached hydrogen (secondary N) is 1. The van der Waals surface area contributed by atoms with Crippen LogP contribution in [0.2, 0.25) is 0 Å². The maximum absolute atomic E-state index is 13.8. The van der Waals surface area contributed by atoms with E-state index in [0.29, 0.717) is 11.7 Å². The molecule has 1 aromatic rings. The Hall–Kier alpha value is -0.450. The average Bonchev–Trinajstić information content (AvgIpc) is 2.47. The van der Waals surface area contributed by atoms with Crippen LogP contribution in [-0.2, 0) is 4.74 Å². The topological polar surface area (TPSA) is 21.3 Å². The highest BCUT2D eigenvalue weighted by atomic mass is 79.9. The molecule has 2 nitrogen and oxygen atoms in total. The van der Waals surface area contributed by atoms with E-state index in [1.807, 2.05) is 19.1 Å². The average molecular weight is 358 g/mol. The van der Waals surface area contributed by atoms with E-state index >= 15 is 0 Å². The SMILES string of the molecule is CC(NCCCOC1CCCCC1)c1ccc(Br)cc1F. The van der Waals surface area contributed by atoms with Crippen molar-refractivity contribution < 1.29 is 9.13 Å². The smallest absolute Gasteiger partial charge is 0.129 e. The summed E-state index contributed by atoms with van der Waals surface area (Å²) >= 11 is 3.28. The first-order chi connectivity index (χ1) is 10.2. The lowest BCUT2D eigenvalue weighted by atomic mass is 9.98. The zero-order valence-corrected chi connectivity index (χ0v) is 14.3. The molecule has 0 heterocycles. The van der Waals surface area contributed by atoms with Crippen LogP contribution in [-0.4, -0.2) is 19.3 Å². The van der Waals surface area contributed by atoms with Gasteiger partial charge >= 0.3 is 0 Å². The van der Waals surface area contributed by atoms with Crippen LogP contribution in [0.1, 0.15) is 57.1 Å². The first kappa shape index (κ1) is 16.9. The van der Waals surface area contributed by atoms with Crippen LogP contribution in [0.15, 0.2) is 22.7 Å². The lowest BCUT2D eigenvalue weighted by Gasteiger charge is -2.22. The molecule has 0 amide bonds. The first-order valence-corrected chi connectivity index (χ1v) is 8.76. The second-order valence-electron chi connectivity index (χ2n) is 5.83. The van der Waals surface area contributed by atoms with Gasteiger partial charge in [0.25, 0.3) is 0 Å². The molecule has 1 unspecified atom stereocenters. The maximum atomic E-state index is 13.8. The van der Waals surface area contributed by atoms with Crippen molar-refractivity contribution >= 4 is 15.9 Å². The number of benzene rings is 1. The summed E-state index contributed by atoms with van der Waals surface area (Å²) in [6.07, 6.45) is 7.85. The molecule has 0 aromatic heterocycles. The van der Waals surface area contributed by atoms with Crippen molar-refractivity contribution in [3.05, 3.63) is 34.1 Å². The van der Waals surface area contributed by atoms with Crippen molar-refractivity contribution in [2.24, 2.45) is 0 Å². The van der Waals surface area contributed by atoms with E-state index in [1.165, 1.54) is 38.2 Å². The highest BCUT2D eigenvalue weighted by molar-refractivity contribution is 9.10. The predicted octanol–water partition coefficient (Wildman–Crippen LogP) is 4.98. The number of halogens is 2. The van der Waals surface area contributed by atoms with Gasteiger partial charge in [0.2, 0.25) is 0 Å². The summed E-state index contributed by atoms with van der Waals surface area (Å²) < 4.78 is 20.5. The van der Waals surface area contributed by atoms with Gasteiger partial charge in [-0.2, -0.15) is 0 Å². The van der Waals surface area contributed by atoms with E-state index in [1.54, 1.807) is 0 Å². The molecule has 2 rings (SSSR count). The lowest BCUT2D eigenvalue weighted by molar-refractivity contribution is 0.0271. The van der Waals surface area contributed by atoms with Gasteiger partial charge in [-0.05, 0) is 44.9 Å². The fourth-order valence-corrected chi connectivity index (χ4v) is 3.17. The molecule has 1 atom stereocenters. The second kappa shape index (κ2) is 8.86. The van der Waals surface area contributed by atoms with Gasteiger partial charge < -0.3 is 10.1 Å². The largest absolute Gasteiger partial charge is 0.378 e. The summed E-state index contributed by atoms with van der Waals surface area (Å²) in [5.41, 5.74) is 0.714. The second-order valence-corrected chi connectivity index (χ2v) is 6.74. The van der Waals surface area contributed by atoms with Crippen LogP contribution < -0.4 is 5.32 Å². The van der Waals surface area contributed by atoms with Crippen molar-refractivity contribution in [3.8, 4) is 0 Å². The minimum Gasteiger partial charge on any atom is -0.378 e. The minimum absolute atomic E-state index is 0.0211. The van der Waals surface area contributed by atoms with Crippen molar-refractivity contribution in [2.75, 3.05) is 13.2 Å². The van der Waals surface area contributed by atoms with Gasteiger partial charge in [-0.3, -0.25) is 0 Å². The standard InChI is InChI=1S/C17H25BrFNO/c1-13(16-9-8-14(18)12-17(16)19)20-10-5-11-21-15-6-3-2-4-7-15/h8-9,12-13,15,20H,2-7,10-11H2,1H3. The third-order valence-corrected chi connectivity index (χ3v) is 4.60. The molecule has 0 aliphatic heterocycles. The van der Waals surface area contributed by atoms with E-state index in [-0.39, 0.29) is 11.9 Å². The quantitative estimate of drug-likeness (QED) is 0.695. The monoisotopic (exact) mass is 357 g/mol. The number of hydrogen-bond donors (Lipinski definition) is 1. The van der Waals surface area contributed by atoms with Crippen LogP contribution in [0.3, 0.4) is 0 Å². The third kappa shape index (κ3) is 5.68. The molecule has 21 heavy (non-hydrogen) atoms. The van der Waals surface area contributed by atoms with Crippen molar-refractivity contribution in [1.29, 1.82) is 0 Å². The fourth-order valence-electron chi connectivity index (χ4n) is 2.84. The molecule has 0 saturated heterocycles. The molecule has 0 bridgehead atoms. The number of ether oxygens (including phenoxy) is 1. The summed E-state index contributed by atoms with van der Waals surface area (Å²) in [6, 6.07) is 5.24. The molecule has 1 aliphatic carbocycles. The Balaban J connectivity index is 1.63. The van der Waals surface area contributed by atoms with Crippen LogP contribution in [0.25, 0.3) is 0 Å². The minimum atomic E-state index is -0.164. The lowest BCUT2D eigenvalue weighted by Crippen LogP contribution is -2.23. The first-order valence-electron chi connectivity index (χ1n) is 7.97. The summed E-state index contributed by atoms with van der Waals surface area (Å²) in [7, 11) is 0. The molecule has 0 spiro atoms. The fraction of sp³-hybridized carbons (Fsp3) is 0.647. The van der Waals surface area contributed by atoms with E-state index in [2.05, 4.69) is 21.2 Å². The zero-order chi connectivity index (χ0) is 15.1. The van der Waals surface area contributed by atoms with Gasteiger partial charge in [0.15, 0.2) is 0 Å². The molecule has 118 valence electrons. The van der Waals surface area contributed by atoms with Gasteiger partial charge in [0.05, 0.1) is 6.10 Å². The number of hydrogen-bond acceptors (Lipinski definition) is 2. The molecular weight excluding hydrogens is 333 g/mol. The van der Waals surface area contributed by atoms with Crippen LogP contribution in [0, 0.1) is 5.82 Å². The van der Waals surface area contributed by atoms with E-state index in [4.69, 9.17) is 4.74 Å². The summed E-state index contributed by atoms with van der Waals surface area (Å²) in [5.74, 6) is -0.164. The van der Waals surface area contributed by atoms with Gasteiger partial charge in [0.1, 0.15) is 5.82 Å². The summed E-state index contributed by atoms with van der Waals surface area (Å²) in [4.78, 5) is 0. The Morgan fingerprint density at radius 3 is 2.81 bits per heavy atom. The Labute approximate surface area is 135 Å². The van der Waals surface area contributed by atoms with Crippen LogP contribution >= 0.6 is 15.9 Å². The summed E-state index contributed by atoms with van der Waals surface area (Å²) in [6.45, 7) is 3.64. The normalized spacial score (nSPS) is 17.9. The molecule has 4 heteroatoms. The Morgan fingerprint density at radius 2 is 2.10 bits per heavy atom. The Kier molecular flexibility index (Phi) is 7.14. The maximum Gasteiger partial charge on any atom is 0.129 e. The highest BCUT2D eigenvalue weighted by Gasteiger charge is 2.13. The Morgan fingerprint density at radius 1 is 1.33 bits per heavy atom. The molecule has 1 aliphatic rings. The third-order valence-electron chi connectivity index (χ3n) is 4.11. The molecular formula is C17H25BrFNO. The molecule has 1 aromatic carbocycles. The van der Waals surface area contributed by atoms with Crippen LogP contribution in [0.4, 0.5) is 4.39 Å². The van der Waals surface area contributed by atoms with E-state index in [0.717, 1.165) is 24.0 Å². The van der Waals surface area contributed by atoms with E-state index in [9.17, 15) is 4.39 Å². The van der Waals surface area contributed by atoms with Crippen LogP contribution in [0.5, 0.6) is 0 Å². The summed E-state index contributed by atoms with van der Waals surface area (Å²) in [5, 5.41) is 3.36. The molecule has 1 N–H and O–H groups in total. The van der Waals surface area contributed by atoms with Gasteiger partial charge in [-0.25, -0.2) is 4.39 Å². The van der Waals surface area contributed by atoms with Crippen molar-refractivity contribution in [3.63, 3.8) is 0 Å². The molecule has 1 fully saturated rings.